The molecule has 1 fully saturated rings. The van der Waals surface area contributed by atoms with Crippen molar-refractivity contribution < 1.29 is 14.0 Å². The molecule has 1 aromatic heterocycles. The van der Waals surface area contributed by atoms with Crippen LogP contribution in [0.4, 0.5) is 0 Å². The summed E-state index contributed by atoms with van der Waals surface area (Å²) in [7, 11) is 0. The Morgan fingerprint density at radius 2 is 1.96 bits per heavy atom. The maximum absolute atomic E-state index is 12.2. The van der Waals surface area contributed by atoms with Gasteiger partial charge in [0.2, 0.25) is 5.91 Å². The molecule has 1 aliphatic heterocycles. The molecule has 2 aromatic rings. The summed E-state index contributed by atoms with van der Waals surface area (Å²) >= 11 is 3.45. The van der Waals surface area contributed by atoms with Gasteiger partial charge in [0, 0.05) is 29.7 Å². The van der Waals surface area contributed by atoms with Crippen LogP contribution in [0.3, 0.4) is 0 Å². The average Bonchev–Trinajstić information content (AvgIpc) is 3.16. The van der Waals surface area contributed by atoms with E-state index in [1.54, 1.807) is 23.1 Å². The Labute approximate surface area is 154 Å². The van der Waals surface area contributed by atoms with Gasteiger partial charge in [0.25, 0.3) is 5.91 Å². The van der Waals surface area contributed by atoms with Gasteiger partial charge in [-0.2, -0.15) is 0 Å². The van der Waals surface area contributed by atoms with Crippen LogP contribution >= 0.6 is 15.9 Å². The van der Waals surface area contributed by atoms with Gasteiger partial charge in [0.15, 0.2) is 0 Å². The molecule has 0 atom stereocenters. The van der Waals surface area contributed by atoms with Crippen LogP contribution in [-0.2, 0) is 4.79 Å². The van der Waals surface area contributed by atoms with Crippen LogP contribution in [-0.4, -0.2) is 35.8 Å². The highest BCUT2D eigenvalue weighted by Crippen LogP contribution is 2.17. The third kappa shape index (κ3) is 4.60. The Bertz CT molecular complexity index is 763. The number of nitrogens with zero attached hydrogens (tertiary/aromatic N) is 1. The van der Waals surface area contributed by atoms with Crippen molar-refractivity contribution in [2.45, 2.75) is 18.9 Å². The molecular weight excluding hydrogens is 384 g/mol. The van der Waals surface area contributed by atoms with E-state index in [2.05, 4.69) is 21.2 Å². The SMILES string of the molecule is O=C(/C=C/c1ccccc1Br)NC1CCN(C(=O)c2ccoc2)CC1. The number of nitrogens with one attached hydrogen (secondary N) is 1. The first-order valence-electron chi connectivity index (χ1n) is 8.18. The third-order valence-corrected chi connectivity index (χ3v) is 4.94. The first kappa shape index (κ1) is 17.5. The van der Waals surface area contributed by atoms with Gasteiger partial charge in [-0.3, -0.25) is 9.59 Å². The highest BCUT2D eigenvalue weighted by Gasteiger charge is 2.24. The second-order valence-electron chi connectivity index (χ2n) is 5.94. The number of carbonyl (C=O) groups excluding carboxylic acids is 2. The normalized spacial score (nSPS) is 15.5. The topological polar surface area (TPSA) is 62.6 Å². The summed E-state index contributed by atoms with van der Waals surface area (Å²) in [4.78, 5) is 26.1. The monoisotopic (exact) mass is 402 g/mol. The predicted octanol–water partition coefficient (Wildman–Crippen LogP) is 3.48. The Kier molecular flexibility index (Phi) is 5.71. The van der Waals surface area contributed by atoms with Crippen LogP contribution < -0.4 is 5.32 Å². The van der Waals surface area contributed by atoms with E-state index in [4.69, 9.17) is 4.42 Å². The number of benzene rings is 1. The number of piperidine rings is 1. The Morgan fingerprint density at radius 3 is 2.64 bits per heavy atom. The zero-order chi connectivity index (χ0) is 17.6. The van der Waals surface area contributed by atoms with Gasteiger partial charge in [-0.15, -0.1) is 0 Å². The lowest BCUT2D eigenvalue weighted by atomic mass is 10.0. The van der Waals surface area contributed by atoms with Crippen LogP contribution in [0.5, 0.6) is 0 Å². The van der Waals surface area contributed by atoms with Crippen molar-refractivity contribution in [1.29, 1.82) is 0 Å². The van der Waals surface area contributed by atoms with E-state index in [0.717, 1.165) is 22.9 Å². The standard InChI is InChI=1S/C19H19BrN2O3/c20-17-4-2-1-3-14(17)5-6-18(23)21-16-7-10-22(11-8-16)19(24)15-9-12-25-13-15/h1-6,9,12-13,16H,7-8,10-11H2,(H,21,23)/b6-5+. The van der Waals surface area contributed by atoms with Crippen molar-refractivity contribution >= 4 is 33.8 Å². The predicted molar refractivity (Wildman–Crippen MR) is 99.0 cm³/mol. The molecule has 0 radical (unpaired) electrons. The fourth-order valence-electron chi connectivity index (χ4n) is 2.82. The fraction of sp³-hybridized carbons (Fsp3) is 0.263. The van der Waals surface area contributed by atoms with E-state index in [1.807, 2.05) is 24.3 Å². The molecule has 0 unspecified atom stereocenters. The van der Waals surface area contributed by atoms with Crippen molar-refractivity contribution in [3.05, 3.63) is 64.5 Å². The van der Waals surface area contributed by atoms with Gasteiger partial charge < -0.3 is 14.6 Å². The zero-order valence-electron chi connectivity index (χ0n) is 13.7. The summed E-state index contributed by atoms with van der Waals surface area (Å²) in [6.07, 6.45) is 7.79. The number of likely N-dealkylation sites (tertiary alicyclic amines) is 1. The summed E-state index contributed by atoms with van der Waals surface area (Å²) in [5.41, 5.74) is 1.53. The largest absolute Gasteiger partial charge is 0.472 e. The van der Waals surface area contributed by atoms with E-state index >= 15 is 0 Å². The van der Waals surface area contributed by atoms with Crippen molar-refractivity contribution in [1.82, 2.24) is 10.2 Å². The minimum Gasteiger partial charge on any atom is -0.472 e. The zero-order valence-corrected chi connectivity index (χ0v) is 15.2. The molecular formula is C19H19BrN2O3. The molecule has 2 heterocycles. The second kappa shape index (κ2) is 8.16. The van der Waals surface area contributed by atoms with Crippen molar-refractivity contribution in [2.24, 2.45) is 0 Å². The molecule has 2 amide bonds. The number of carbonyl (C=O) groups is 2. The van der Waals surface area contributed by atoms with Crippen molar-refractivity contribution in [3.63, 3.8) is 0 Å². The minimum absolute atomic E-state index is 0.0210. The van der Waals surface area contributed by atoms with Gasteiger partial charge >= 0.3 is 0 Å². The molecule has 130 valence electrons. The van der Waals surface area contributed by atoms with Gasteiger partial charge in [-0.1, -0.05) is 34.1 Å². The van der Waals surface area contributed by atoms with Gasteiger partial charge in [-0.05, 0) is 36.6 Å². The van der Waals surface area contributed by atoms with E-state index in [0.29, 0.717) is 18.7 Å². The van der Waals surface area contributed by atoms with Gasteiger partial charge in [0.05, 0.1) is 11.8 Å². The minimum atomic E-state index is -0.115. The highest BCUT2D eigenvalue weighted by molar-refractivity contribution is 9.10. The number of furan rings is 1. The van der Waals surface area contributed by atoms with E-state index in [1.165, 1.54) is 12.5 Å². The average molecular weight is 403 g/mol. The number of amides is 2. The number of rotatable bonds is 4. The van der Waals surface area contributed by atoms with Crippen LogP contribution in [0.25, 0.3) is 6.08 Å². The first-order chi connectivity index (χ1) is 12.1. The summed E-state index contributed by atoms with van der Waals surface area (Å²) in [5.74, 6) is -0.136. The molecule has 1 N–H and O–H groups in total. The Hall–Kier alpha value is -2.34. The van der Waals surface area contributed by atoms with E-state index in [9.17, 15) is 9.59 Å². The molecule has 0 bridgehead atoms. The maximum atomic E-state index is 12.2. The molecule has 3 rings (SSSR count). The fourth-order valence-corrected chi connectivity index (χ4v) is 3.24. The molecule has 1 saturated heterocycles. The summed E-state index contributed by atoms with van der Waals surface area (Å²) in [5, 5.41) is 3.01. The summed E-state index contributed by atoms with van der Waals surface area (Å²) in [6.45, 7) is 1.26. The highest BCUT2D eigenvalue weighted by atomic mass is 79.9. The number of hydrogen-bond acceptors (Lipinski definition) is 3. The molecule has 1 aliphatic rings. The second-order valence-corrected chi connectivity index (χ2v) is 6.80. The smallest absolute Gasteiger partial charge is 0.257 e. The quantitative estimate of drug-likeness (QED) is 0.796. The van der Waals surface area contributed by atoms with Crippen LogP contribution in [0.1, 0.15) is 28.8 Å². The molecule has 6 heteroatoms. The number of hydrogen-bond donors (Lipinski definition) is 1. The van der Waals surface area contributed by atoms with Gasteiger partial charge in [0.1, 0.15) is 6.26 Å². The Balaban J connectivity index is 1.48. The molecule has 5 nitrogen and oxygen atoms in total. The Morgan fingerprint density at radius 1 is 1.20 bits per heavy atom. The van der Waals surface area contributed by atoms with E-state index in [-0.39, 0.29) is 17.9 Å². The lowest BCUT2D eigenvalue weighted by molar-refractivity contribution is -0.117. The molecule has 0 saturated carbocycles. The van der Waals surface area contributed by atoms with Crippen LogP contribution in [0.2, 0.25) is 0 Å². The van der Waals surface area contributed by atoms with Crippen molar-refractivity contribution in [3.8, 4) is 0 Å². The summed E-state index contributed by atoms with van der Waals surface area (Å²) < 4.78 is 5.91. The van der Waals surface area contributed by atoms with E-state index < -0.39 is 0 Å². The lowest BCUT2D eigenvalue weighted by Gasteiger charge is -2.32. The van der Waals surface area contributed by atoms with Crippen molar-refractivity contribution in [2.75, 3.05) is 13.1 Å². The van der Waals surface area contributed by atoms with Crippen LogP contribution in [0.15, 0.2) is 57.8 Å². The molecule has 25 heavy (non-hydrogen) atoms. The lowest BCUT2D eigenvalue weighted by Crippen LogP contribution is -2.46. The maximum Gasteiger partial charge on any atom is 0.257 e. The number of halogens is 1. The molecule has 1 aromatic carbocycles. The summed E-state index contributed by atoms with van der Waals surface area (Å²) in [6, 6.07) is 9.49. The first-order valence-corrected chi connectivity index (χ1v) is 8.97. The van der Waals surface area contributed by atoms with Gasteiger partial charge in [-0.25, -0.2) is 0 Å². The molecule has 0 spiro atoms. The molecule has 0 aliphatic carbocycles. The third-order valence-electron chi connectivity index (χ3n) is 4.22. The van der Waals surface area contributed by atoms with Crippen LogP contribution in [0, 0.1) is 0 Å².